The van der Waals surface area contributed by atoms with Gasteiger partial charge in [0, 0.05) is 13.6 Å². The summed E-state index contributed by atoms with van der Waals surface area (Å²) in [6.07, 6.45) is 0.668. The Balaban J connectivity index is 2.69. The van der Waals surface area contributed by atoms with Gasteiger partial charge in [0.15, 0.2) is 0 Å². The molecule has 0 aliphatic heterocycles. The van der Waals surface area contributed by atoms with Gasteiger partial charge in [-0.15, -0.1) is 0 Å². The highest BCUT2D eigenvalue weighted by molar-refractivity contribution is 6.31. The van der Waals surface area contributed by atoms with Crippen LogP contribution in [0.15, 0.2) is 0 Å². The Hall–Kier alpha value is -1.07. The van der Waals surface area contributed by atoms with Crippen LogP contribution in [0.3, 0.4) is 0 Å². The van der Waals surface area contributed by atoms with Crippen LogP contribution in [0.1, 0.15) is 24.7 Å². The Morgan fingerprint density at radius 1 is 1.65 bits per heavy atom. The number of ether oxygens (including phenoxy) is 1. The number of aryl methyl sites for hydroxylation is 2. The molecule has 0 saturated heterocycles. The minimum Gasteiger partial charge on any atom is -0.468 e. The Labute approximate surface area is 106 Å². The van der Waals surface area contributed by atoms with Crippen molar-refractivity contribution in [3.63, 3.8) is 0 Å². The maximum atomic E-state index is 11.4. The normalized spacial score (nSPS) is 12.5. The number of methoxy groups -OCH3 is 1. The fraction of sp³-hybridized carbons (Fsp3) is 0.636. The lowest BCUT2D eigenvalue weighted by molar-refractivity contribution is -0.143. The third kappa shape index (κ3) is 3.20. The van der Waals surface area contributed by atoms with Crippen molar-refractivity contribution in [2.24, 2.45) is 7.05 Å². The highest BCUT2D eigenvalue weighted by Crippen LogP contribution is 2.19. The fourth-order valence-corrected chi connectivity index (χ4v) is 1.86. The standard InChI is InChI=1S/C11H18ClN3O2/c1-5-8(11(16)17-4)13-6-9-10(12)7(2)14-15(9)3/h8,13H,5-6H2,1-4H3. The van der Waals surface area contributed by atoms with Gasteiger partial charge in [0.05, 0.1) is 23.5 Å². The molecule has 0 aliphatic rings. The van der Waals surface area contributed by atoms with Crippen LogP contribution < -0.4 is 5.32 Å². The highest BCUT2D eigenvalue weighted by atomic mass is 35.5. The zero-order chi connectivity index (χ0) is 13.0. The van der Waals surface area contributed by atoms with E-state index in [0.717, 1.165) is 11.4 Å². The zero-order valence-electron chi connectivity index (χ0n) is 10.6. The van der Waals surface area contributed by atoms with Gasteiger partial charge in [-0.25, -0.2) is 0 Å². The summed E-state index contributed by atoms with van der Waals surface area (Å²) in [5, 5.41) is 7.96. The summed E-state index contributed by atoms with van der Waals surface area (Å²) in [4.78, 5) is 11.4. The SMILES string of the molecule is CCC(NCc1c(Cl)c(C)nn1C)C(=O)OC. The van der Waals surface area contributed by atoms with E-state index in [0.29, 0.717) is 18.0 Å². The van der Waals surface area contributed by atoms with Crippen LogP contribution in [0.5, 0.6) is 0 Å². The van der Waals surface area contributed by atoms with Gasteiger partial charge >= 0.3 is 5.97 Å². The van der Waals surface area contributed by atoms with Crippen LogP contribution in [-0.4, -0.2) is 28.9 Å². The van der Waals surface area contributed by atoms with E-state index in [1.54, 1.807) is 4.68 Å². The van der Waals surface area contributed by atoms with Crippen LogP contribution in [0, 0.1) is 6.92 Å². The molecule has 0 saturated carbocycles. The summed E-state index contributed by atoms with van der Waals surface area (Å²) in [5.74, 6) is -0.262. The van der Waals surface area contributed by atoms with E-state index in [-0.39, 0.29) is 12.0 Å². The molecule has 6 heteroatoms. The monoisotopic (exact) mass is 259 g/mol. The number of hydrogen-bond acceptors (Lipinski definition) is 4. The average molecular weight is 260 g/mol. The van der Waals surface area contributed by atoms with Crippen molar-refractivity contribution in [2.45, 2.75) is 32.9 Å². The smallest absolute Gasteiger partial charge is 0.322 e. The first-order valence-electron chi connectivity index (χ1n) is 5.50. The molecule has 0 radical (unpaired) electrons. The van der Waals surface area contributed by atoms with Gasteiger partial charge < -0.3 is 4.74 Å². The van der Waals surface area contributed by atoms with E-state index in [4.69, 9.17) is 16.3 Å². The number of nitrogens with one attached hydrogen (secondary N) is 1. The van der Waals surface area contributed by atoms with Crippen LogP contribution in [0.2, 0.25) is 5.02 Å². The van der Waals surface area contributed by atoms with E-state index in [9.17, 15) is 4.79 Å². The number of aromatic nitrogens is 2. The predicted molar refractivity (Wildman–Crippen MR) is 65.9 cm³/mol. The number of carbonyl (C=O) groups is 1. The van der Waals surface area contributed by atoms with Crippen molar-refractivity contribution in [2.75, 3.05) is 7.11 Å². The molecule has 1 aromatic heterocycles. The van der Waals surface area contributed by atoms with Crippen molar-refractivity contribution in [3.8, 4) is 0 Å². The van der Waals surface area contributed by atoms with Gasteiger partial charge in [0.2, 0.25) is 0 Å². The summed E-state index contributed by atoms with van der Waals surface area (Å²) >= 11 is 6.11. The van der Waals surface area contributed by atoms with E-state index < -0.39 is 0 Å². The third-order valence-corrected chi connectivity index (χ3v) is 3.16. The molecular weight excluding hydrogens is 242 g/mol. The fourth-order valence-electron chi connectivity index (χ4n) is 1.63. The Kier molecular flexibility index (Phi) is 4.96. The molecule has 17 heavy (non-hydrogen) atoms. The van der Waals surface area contributed by atoms with Crippen LogP contribution >= 0.6 is 11.6 Å². The molecule has 0 aromatic carbocycles. The molecule has 96 valence electrons. The molecule has 0 amide bonds. The first-order valence-corrected chi connectivity index (χ1v) is 5.88. The van der Waals surface area contributed by atoms with Crippen molar-refractivity contribution in [3.05, 3.63) is 16.4 Å². The number of carbonyl (C=O) groups excluding carboxylic acids is 1. The molecule has 0 aliphatic carbocycles. The summed E-state index contributed by atoms with van der Waals surface area (Å²) in [6, 6.07) is -0.314. The lowest BCUT2D eigenvalue weighted by atomic mass is 10.2. The van der Waals surface area contributed by atoms with Gasteiger partial charge in [-0.05, 0) is 13.3 Å². The molecule has 0 fully saturated rings. The average Bonchev–Trinajstić information content (AvgIpc) is 2.55. The molecule has 5 nitrogen and oxygen atoms in total. The first kappa shape index (κ1) is 14.0. The minimum atomic E-state index is -0.314. The third-order valence-electron chi connectivity index (χ3n) is 2.67. The number of halogens is 1. The lowest BCUT2D eigenvalue weighted by Crippen LogP contribution is -2.37. The molecule has 1 rings (SSSR count). The Morgan fingerprint density at radius 2 is 2.29 bits per heavy atom. The molecule has 1 atom stereocenters. The number of nitrogens with zero attached hydrogens (tertiary/aromatic N) is 2. The highest BCUT2D eigenvalue weighted by Gasteiger charge is 2.18. The van der Waals surface area contributed by atoms with Crippen LogP contribution in [0.4, 0.5) is 0 Å². The maximum Gasteiger partial charge on any atom is 0.322 e. The largest absolute Gasteiger partial charge is 0.468 e. The molecule has 1 N–H and O–H groups in total. The number of hydrogen-bond donors (Lipinski definition) is 1. The minimum absolute atomic E-state index is 0.262. The quantitative estimate of drug-likeness (QED) is 0.813. The maximum absolute atomic E-state index is 11.4. The molecule has 1 aromatic rings. The summed E-state index contributed by atoms with van der Waals surface area (Å²) < 4.78 is 6.42. The molecule has 0 spiro atoms. The first-order chi connectivity index (χ1) is 8.01. The van der Waals surface area contributed by atoms with Gasteiger partial charge in [-0.1, -0.05) is 18.5 Å². The predicted octanol–water partition coefficient (Wildman–Crippen LogP) is 1.42. The lowest BCUT2D eigenvalue weighted by Gasteiger charge is -2.14. The van der Waals surface area contributed by atoms with E-state index in [1.807, 2.05) is 20.9 Å². The van der Waals surface area contributed by atoms with E-state index in [2.05, 4.69) is 10.4 Å². The number of esters is 1. The Bertz CT molecular complexity index is 404. The second kappa shape index (κ2) is 6.02. The summed E-state index contributed by atoms with van der Waals surface area (Å²) in [6.45, 7) is 4.26. The van der Waals surface area contributed by atoms with Crippen LogP contribution in [-0.2, 0) is 23.1 Å². The van der Waals surface area contributed by atoms with Crippen molar-refractivity contribution in [1.29, 1.82) is 0 Å². The van der Waals surface area contributed by atoms with Gasteiger partial charge in [-0.2, -0.15) is 5.10 Å². The van der Waals surface area contributed by atoms with Crippen molar-refractivity contribution < 1.29 is 9.53 Å². The topological polar surface area (TPSA) is 56.2 Å². The Morgan fingerprint density at radius 3 is 2.71 bits per heavy atom. The summed E-state index contributed by atoms with van der Waals surface area (Å²) in [7, 11) is 3.21. The van der Waals surface area contributed by atoms with Gasteiger partial charge in [-0.3, -0.25) is 14.8 Å². The van der Waals surface area contributed by atoms with Gasteiger partial charge in [0.1, 0.15) is 6.04 Å². The van der Waals surface area contributed by atoms with E-state index in [1.165, 1.54) is 7.11 Å². The van der Waals surface area contributed by atoms with Gasteiger partial charge in [0.25, 0.3) is 0 Å². The molecule has 1 heterocycles. The second-order valence-electron chi connectivity index (χ2n) is 3.83. The van der Waals surface area contributed by atoms with Crippen molar-refractivity contribution in [1.82, 2.24) is 15.1 Å². The zero-order valence-corrected chi connectivity index (χ0v) is 11.3. The molecule has 1 unspecified atom stereocenters. The molecular formula is C11H18ClN3O2. The number of rotatable bonds is 5. The van der Waals surface area contributed by atoms with Crippen LogP contribution in [0.25, 0.3) is 0 Å². The summed E-state index contributed by atoms with van der Waals surface area (Å²) in [5.41, 5.74) is 1.66. The second-order valence-corrected chi connectivity index (χ2v) is 4.21. The van der Waals surface area contributed by atoms with E-state index >= 15 is 0 Å². The molecule has 0 bridgehead atoms. The van der Waals surface area contributed by atoms with Crippen molar-refractivity contribution >= 4 is 17.6 Å².